The Bertz CT molecular complexity index is 873. The lowest BCUT2D eigenvalue weighted by Gasteiger charge is -2.12. The Hall–Kier alpha value is -3.21. The maximum atomic E-state index is 11.4. The smallest absolute Gasteiger partial charge is 0.344 e. The van der Waals surface area contributed by atoms with E-state index in [1.54, 1.807) is 19.1 Å². The van der Waals surface area contributed by atoms with E-state index in [2.05, 4.69) is 31.4 Å². The molecule has 0 radical (unpaired) electrons. The summed E-state index contributed by atoms with van der Waals surface area (Å²) in [5.41, 5.74) is 3.23. The maximum Gasteiger partial charge on any atom is 0.344 e. The number of carbonyl (C=O) groups excluding carboxylic acids is 1. The Labute approximate surface area is 168 Å². The number of nitro groups is 1. The Morgan fingerprint density at radius 2 is 2.18 bits per heavy atom. The van der Waals surface area contributed by atoms with Crippen LogP contribution in [0, 0.1) is 10.1 Å². The van der Waals surface area contributed by atoms with E-state index in [0.717, 1.165) is 6.20 Å². The SMILES string of the molecule is CCOC(=O)COc1cc(Br)c(/C=N/Nc2ccc([N+](=O)[O-])cn2)cc1OC. The molecule has 0 aliphatic heterocycles. The van der Waals surface area contributed by atoms with Crippen LogP contribution in [0.5, 0.6) is 11.5 Å². The van der Waals surface area contributed by atoms with Gasteiger partial charge in [-0.1, -0.05) is 0 Å². The van der Waals surface area contributed by atoms with Crippen molar-refractivity contribution in [1.29, 1.82) is 0 Å². The van der Waals surface area contributed by atoms with Crippen molar-refractivity contribution < 1.29 is 23.9 Å². The molecule has 28 heavy (non-hydrogen) atoms. The third kappa shape index (κ3) is 5.91. The Morgan fingerprint density at radius 1 is 1.39 bits per heavy atom. The highest BCUT2D eigenvalue weighted by atomic mass is 79.9. The fourth-order valence-electron chi connectivity index (χ4n) is 1.99. The second-order valence-corrected chi connectivity index (χ2v) is 6.00. The quantitative estimate of drug-likeness (QED) is 0.266. The lowest BCUT2D eigenvalue weighted by molar-refractivity contribution is -0.385. The number of rotatable bonds is 9. The predicted octanol–water partition coefficient (Wildman–Crippen LogP) is 3.15. The lowest BCUT2D eigenvalue weighted by Crippen LogP contribution is -2.15. The zero-order chi connectivity index (χ0) is 20.5. The first-order chi connectivity index (χ1) is 13.4. The van der Waals surface area contributed by atoms with Crippen LogP contribution in [0.4, 0.5) is 11.5 Å². The van der Waals surface area contributed by atoms with Crippen molar-refractivity contribution in [2.75, 3.05) is 25.7 Å². The fraction of sp³-hybridized carbons (Fsp3) is 0.235. The van der Waals surface area contributed by atoms with Crippen molar-refractivity contribution in [2.24, 2.45) is 5.10 Å². The maximum absolute atomic E-state index is 11.4. The first kappa shape index (κ1) is 21.1. The van der Waals surface area contributed by atoms with Crippen LogP contribution < -0.4 is 14.9 Å². The molecule has 11 heteroatoms. The number of nitrogens with zero attached hydrogens (tertiary/aromatic N) is 3. The zero-order valence-corrected chi connectivity index (χ0v) is 16.6. The highest BCUT2D eigenvalue weighted by Crippen LogP contribution is 2.33. The van der Waals surface area contributed by atoms with E-state index in [4.69, 9.17) is 14.2 Å². The molecule has 0 amide bonds. The van der Waals surface area contributed by atoms with Gasteiger partial charge in [0.05, 0.1) is 24.9 Å². The molecule has 1 aromatic carbocycles. The molecule has 0 unspecified atom stereocenters. The lowest BCUT2D eigenvalue weighted by atomic mass is 10.2. The van der Waals surface area contributed by atoms with Gasteiger partial charge in [0.1, 0.15) is 12.0 Å². The number of nitrogens with one attached hydrogen (secondary N) is 1. The van der Waals surface area contributed by atoms with Crippen molar-refractivity contribution in [1.82, 2.24) is 4.98 Å². The molecule has 0 fully saturated rings. The van der Waals surface area contributed by atoms with E-state index in [-0.39, 0.29) is 18.9 Å². The summed E-state index contributed by atoms with van der Waals surface area (Å²) in [6.45, 7) is 1.75. The van der Waals surface area contributed by atoms with E-state index >= 15 is 0 Å². The van der Waals surface area contributed by atoms with Gasteiger partial charge in [-0.2, -0.15) is 5.10 Å². The molecule has 2 rings (SSSR count). The number of benzene rings is 1. The van der Waals surface area contributed by atoms with Gasteiger partial charge in [0.25, 0.3) is 5.69 Å². The number of pyridine rings is 1. The Balaban J connectivity index is 2.07. The molecule has 1 heterocycles. The van der Waals surface area contributed by atoms with Crippen LogP contribution in [0.15, 0.2) is 40.0 Å². The molecule has 0 atom stereocenters. The van der Waals surface area contributed by atoms with E-state index in [9.17, 15) is 14.9 Å². The molecule has 0 saturated heterocycles. The highest BCUT2D eigenvalue weighted by molar-refractivity contribution is 9.10. The molecule has 1 N–H and O–H groups in total. The number of aromatic nitrogens is 1. The second kappa shape index (κ2) is 10.2. The van der Waals surface area contributed by atoms with Crippen molar-refractivity contribution >= 4 is 39.6 Å². The molecule has 0 aliphatic carbocycles. The molecule has 148 valence electrons. The number of hydrogen-bond acceptors (Lipinski definition) is 9. The highest BCUT2D eigenvalue weighted by Gasteiger charge is 2.12. The minimum atomic E-state index is -0.533. The van der Waals surface area contributed by atoms with Crippen LogP contribution in [0.3, 0.4) is 0 Å². The van der Waals surface area contributed by atoms with Gasteiger partial charge in [0.2, 0.25) is 0 Å². The van der Waals surface area contributed by atoms with E-state index in [0.29, 0.717) is 27.4 Å². The monoisotopic (exact) mass is 452 g/mol. The molecule has 0 saturated carbocycles. The topological polar surface area (TPSA) is 125 Å². The van der Waals surface area contributed by atoms with Gasteiger partial charge in [-0.3, -0.25) is 15.5 Å². The van der Waals surface area contributed by atoms with Crippen molar-refractivity contribution in [3.8, 4) is 11.5 Å². The summed E-state index contributed by atoms with van der Waals surface area (Å²) in [6, 6.07) is 6.07. The van der Waals surface area contributed by atoms with Gasteiger partial charge in [-0.25, -0.2) is 9.78 Å². The molecule has 10 nitrogen and oxygen atoms in total. The minimum Gasteiger partial charge on any atom is -0.493 e. The van der Waals surface area contributed by atoms with Gasteiger partial charge in [0.15, 0.2) is 18.1 Å². The van der Waals surface area contributed by atoms with Gasteiger partial charge in [-0.05, 0) is 41.1 Å². The summed E-state index contributed by atoms with van der Waals surface area (Å²) >= 11 is 3.40. The fourth-order valence-corrected chi connectivity index (χ4v) is 2.41. The van der Waals surface area contributed by atoms with Crippen LogP contribution in [-0.4, -0.2) is 42.4 Å². The molecular weight excluding hydrogens is 436 g/mol. The van der Waals surface area contributed by atoms with Crippen molar-refractivity contribution in [3.05, 3.63) is 50.6 Å². The van der Waals surface area contributed by atoms with Crippen LogP contribution in [0.2, 0.25) is 0 Å². The first-order valence-electron chi connectivity index (χ1n) is 8.00. The van der Waals surface area contributed by atoms with Gasteiger partial charge in [0, 0.05) is 16.1 Å². The number of hydrogen-bond donors (Lipinski definition) is 1. The molecular formula is C17H17BrN4O6. The van der Waals surface area contributed by atoms with Crippen molar-refractivity contribution in [2.45, 2.75) is 6.92 Å². The molecule has 0 aliphatic rings. The molecule has 1 aromatic heterocycles. The summed E-state index contributed by atoms with van der Waals surface area (Å²) in [5, 5.41) is 14.7. The summed E-state index contributed by atoms with van der Waals surface area (Å²) in [6.07, 6.45) is 2.64. The standard InChI is InChI=1S/C17H17BrN4O6/c1-3-27-17(23)10-28-15-7-13(18)11(6-14(15)26-2)8-20-21-16-5-4-12(9-19-16)22(24)25/h4-9H,3,10H2,1-2H3,(H,19,21)/b20-8+. The third-order valence-electron chi connectivity index (χ3n) is 3.28. The average Bonchev–Trinajstić information content (AvgIpc) is 2.68. The van der Waals surface area contributed by atoms with Crippen LogP contribution in [-0.2, 0) is 9.53 Å². The van der Waals surface area contributed by atoms with Crippen LogP contribution >= 0.6 is 15.9 Å². The van der Waals surface area contributed by atoms with E-state index in [1.807, 2.05) is 0 Å². The summed E-state index contributed by atoms with van der Waals surface area (Å²) in [7, 11) is 1.47. The summed E-state index contributed by atoms with van der Waals surface area (Å²) < 4.78 is 16.2. The normalized spacial score (nSPS) is 10.5. The van der Waals surface area contributed by atoms with E-state index < -0.39 is 10.9 Å². The van der Waals surface area contributed by atoms with Crippen LogP contribution in [0.1, 0.15) is 12.5 Å². The number of esters is 1. The second-order valence-electron chi connectivity index (χ2n) is 5.15. The predicted molar refractivity (Wildman–Crippen MR) is 105 cm³/mol. The Kier molecular flexibility index (Phi) is 7.69. The largest absolute Gasteiger partial charge is 0.493 e. The van der Waals surface area contributed by atoms with Crippen LogP contribution in [0.25, 0.3) is 0 Å². The number of methoxy groups -OCH3 is 1. The number of anilines is 1. The minimum absolute atomic E-state index is 0.111. The van der Waals surface area contributed by atoms with Gasteiger partial charge in [-0.15, -0.1) is 0 Å². The average molecular weight is 453 g/mol. The molecule has 2 aromatic rings. The third-order valence-corrected chi connectivity index (χ3v) is 3.96. The Morgan fingerprint density at radius 3 is 2.79 bits per heavy atom. The zero-order valence-electron chi connectivity index (χ0n) is 15.0. The number of halogens is 1. The number of carbonyl (C=O) groups is 1. The van der Waals surface area contributed by atoms with Gasteiger partial charge < -0.3 is 14.2 Å². The number of ether oxygens (including phenoxy) is 3. The van der Waals surface area contributed by atoms with E-state index in [1.165, 1.54) is 25.5 Å². The van der Waals surface area contributed by atoms with Crippen molar-refractivity contribution in [3.63, 3.8) is 0 Å². The molecule has 0 spiro atoms. The number of hydrazone groups is 1. The summed E-state index contributed by atoms with van der Waals surface area (Å²) in [5.74, 6) is 0.637. The van der Waals surface area contributed by atoms with Gasteiger partial charge >= 0.3 is 5.97 Å². The summed E-state index contributed by atoms with van der Waals surface area (Å²) in [4.78, 5) is 25.4. The molecule has 0 bridgehead atoms. The first-order valence-corrected chi connectivity index (χ1v) is 8.79.